The van der Waals surface area contributed by atoms with E-state index in [1.54, 1.807) is 0 Å². The molecule has 0 radical (unpaired) electrons. The van der Waals surface area contributed by atoms with Crippen molar-refractivity contribution in [3.05, 3.63) is 0 Å². The zero-order valence-corrected chi connectivity index (χ0v) is 10.8. The van der Waals surface area contributed by atoms with Crippen molar-refractivity contribution in [2.75, 3.05) is 13.1 Å². The third-order valence-electron chi connectivity index (χ3n) is 5.10. The Kier molecular flexibility index (Phi) is 2.97. The predicted molar refractivity (Wildman–Crippen MR) is 67.5 cm³/mol. The second-order valence-corrected chi connectivity index (χ2v) is 6.28. The molecule has 3 fully saturated rings. The van der Waals surface area contributed by atoms with Gasteiger partial charge in [0.05, 0.1) is 0 Å². The summed E-state index contributed by atoms with van der Waals surface area (Å²) in [4.78, 5) is 2.86. The van der Waals surface area contributed by atoms with Gasteiger partial charge in [0.15, 0.2) is 0 Å². The first kappa shape index (κ1) is 11.0. The molecule has 2 heterocycles. The van der Waals surface area contributed by atoms with E-state index in [0.717, 1.165) is 36.5 Å². The lowest BCUT2D eigenvalue weighted by atomic mass is 9.97. The highest BCUT2D eigenvalue weighted by molar-refractivity contribution is 4.99. The minimum absolute atomic E-state index is 0.815. The Bertz CT molecular complexity index is 239. The standard InChI is InChI=1S/C14H26N2/c1-3-15-12-7-13-4-5-14(8-12)16(13)9-11-6-10(11)2/h10-15H,3-9H2,1-2H3. The number of piperidine rings is 1. The van der Waals surface area contributed by atoms with Crippen LogP contribution in [0.1, 0.15) is 46.0 Å². The van der Waals surface area contributed by atoms with Crippen LogP contribution in [0.4, 0.5) is 0 Å². The Morgan fingerprint density at radius 2 is 1.75 bits per heavy atom. The van der Waals surface area contributed by atoms with Crippen LogP contribution in [0.25, 0.3) is 0 Å². The van der Waals surface area contributed by atoms with Crippen LogP contribution in [0.2, 0.25) is 0 Å². The summed E-state index contributed by atoms with van der Waals surface area (Å²) in [6, 6.07) is 2.64. The van der Waals surface area contributed by atoms with Crippen molar-refractivity contribution in [3.8, 4) is 0 Å². The minimum Gasteiger partial charge on any atom is -0.314 e. The normalized spacial score (nSPS) is 47.2. The first-order valence-corrected chi connectivity index (χ1v) is 7.27. The third-order valence-corrected chi connectivity index (χ3v) is 5.10. The lowest BCUT2D eigenvalue weighted by Gasteiger charge is -2.39. The van der Waals surface area contributed by atoms with Crippen molar-refractivity contribution >= 4 is 0 Å². The minimum atomic E-state index is 0.815. The maximum absolute atomic E-state index is 3.66. The highest BCUT2D eigenvalue weighted by Gasteiger charge is 2.44. The van der Waals surface area contributed by atoms with Gasteiger partial charge in [0, 0.05) is 24.7 Å². The van der Waals surface area contributed by atoms with Gasteiger partial charge in [-0.25, -0.2) is 0 Å². The molecule has 3 rings (SSSR count). The van der Waals surface area contributed by atoms with Gasteiger partial charge in [0.1, 0.15) is 0 Å². The molecule has 0 aromatic carbocycles. The number of hydrogen-bond donors (Lipinski definition) is 1. The van der Waals surface area contributed by atoms with Crippen LogP contribution < -0.4 is 5.32 Å². The Balaban J connectivity index is 1.57. The van der Waals surface area contributed by atoms with Gasteiger partial charge >= 0.3 is 0 Å². The molecule has 16 heavy (non-hydrogen) atoms. The van der Waals surface area contributed by atoms with Crippen LogP contribution in [0.3, 0.4) is 0 Å². The maximum Gasteiger partial charge on any atom is 0.0114 e. The molecule has 1 N–H and O–H groups in total. The molecular formula is C14H26N2. The molecule has 0 spiro atoms. The molecule has 92 valence electrons. The van der Waals surface area contributed by atoms with Crippen LogP contribution in [-0.4, -0.2) is 36.1 Å². The summed E-state index contributed by atoms with van der Waals surface area (Å²) in [5, 5.41) is 3.66. The number of nitrogens with one attached hydrogen (secondary N) is 1. The van der Waals surface area contributed by atoms with E-state index in [9.17, 15) is 0 Å². The molecule has 4 atom stereocenters. The number of hydrogen-bond acceptors (Lipinski definition) is 2. The first-order valence-electron chi connectivity index (χ1n) is 7.27. The molecule has 2 saturated heterocycles. The first-order chi connectivity index (χ1) is 7.78. The Morgan fingerprint density at radius 1 is 1.12 bits per heavy atom. The van der Waals surface area contributed by atoms with Gasteiger partial charge in [-0.1, -0.05) is 13.8 Å². The highest BCUT2D eigenvalue weighted by atomic mass is 15.2. The topological polar surface area (TPSA) is 15.3 Å². The second-order valence-electron chi connectivity index (χ2n) is 6.28. The summed E-state index contributed by atoms with van der Waals surface area (Å²) in [7, 11) is 0. The summed E-state index contributed by atoms with van der Waals surface area (Å²) in [6.07, 6.45) is 7.24. The van der Waals surface area contributed by atoms with E-state index >= 15 is 0 Å². The molecule has 2 heteroatoms. The molecule has 2 nitrogen and oxygen atoms in total. The van der Waals surface area contributed by atoms with Gasteiger partial charge in [0.25, 0.3) is 0 Å². The average molecular weight is 222 g/mol. The molecule has 4 unspecified atom stereocenters. The third kappa shape index (κ3) is 2.02. The van der Waals surface area contributed by atoms with Crippen molar-refractivity contribution in [1.29, 1.82) is 0 Å². The molecule has 2 bridgehead atoms. The van der Waals surface area contributed by atoms with Crippen LogP contribution in [0.15, 0.2) is 0 Å². The SMILES string of the molecule is CCNC1CC2CCC(C1)N2CC1CC1C. The average Bonchev–Trinajstić information content (AvgIpc) is 2.89. The van der Waals surface area contributed by atoms with Gasteiger partial charge in [-0.05, 0) is 50.5 Å². The summed E-state index contributed by atoms with van der Waals surface area (Å²) >= 11 is 0. The molecule has 3 aliphatic rings. The summed E-state index contributed by atoms with van der Waals surface area (Å²) < 4.78 is 0. The van der Waals surface area contributed by atoms with Crippen molar-refractivity contribution in [2.45, 2.75) is 64.1 Å². The van der Waals surface area contributed by atoms with Crippen LogP contribution >= 0.6 is 0 Å². The zero-order chi connectivity index (χ0) is 11.1. The highest BCUT2D eigenvalue weighted by Crippen LogP contribution is 2.43. The summed E-state index contributed by atoms with van der Waals surface area (Å²) in [5.74, 6) is 2.06. The van der Waals surface area contributed by atoms with E-state index in [4.69, 9.17) is 0 Å². The van der Waals surface area contributed by atoms with E-state index < -0.39 is 0 Å². The molecule has 2 aliphatic heterocycles. The predicted octanol–water partition coefficient (Wildman–Crippen LogP) is 2.25. The number of rotatable bonds is 4. The van der Waals surface area contributed by atoms with Gasteiger partial charge in [0.2, 0.25) is 0 Å². The lowest BCUT2D eigenvalue weighted by Crippen LogP contribution is -2.49. The summed E-state index contributed by atoms with van der Waals surface area (Å²) in [6.45, 7) is 7.21. The monoisotopic (exact) mass is 222 g/mol. The van der Waals surface area contributed by atoms with E-state index in [1.165, 1.54) is 38.6 Å². The molecule has 1 aliphatic carbocycles. The van der Waals surface area contributed by atoms with Crippen LogP contribution in [-0.2, 0) is 0 Å². The largest absolute Gasteiger partial charge is 0.314 e. The zero-order valence-electron chi connectivity index (χ0n) is 10.8. The Morgan fingerprint density at radius 3 is 2.25 bits per heavy atom. The van der Waals surface area contributed by atoms with Gasteiger partial charge in [-0.3, -0.25) is 4.90 Å². The van der Waals surface area contributed by atoms with E-state index in [-0.39, 0.29) is 0 Å². The Hall–Kier alpha value is -0.0800. The second kappa shape index (κ2) is 4.30. The molecule has 0 aromatic rings. The quantitative estimate of drug-likeness (QED) is 0.785. The fraction of sp³-hybridized carbons (Fsp3) is 1.00. The Labute approximate surface area is 99.8 Å². The van der Waals surface area contributed by atoms with Crippen molar-refractivity contribution in [2.24, 2.45) is 11.8 Å². The van der Waals surface area contributed by atoms with E-state index in [1.807, 2.05) is 0 Å². The van der Waals surface area contributed by atoms with E-state index in [2.05, 4.69) is 24.1 Å². The molecule has 0 amide bonds. The molecule has 0 aromatic heterocycles. The van der Waals surface area contributed by atoms with Gasteiger partial charge in [-0.15, -0.1) is 0 Å². The number of nitrogens with zero attached hydrogens (tertiary/aromatic N) is 1. The fourth-order valence-corrected chi connectivity index (χ4v) is 3.95. The van der Waals surface area contributed by atoms with E-state index in [0.29, 0.717) is 0 Å². The van der Waals surface area contributed by atoms with Gasteiger partial charge in [-0.2, -0.15) is 0 Å². The lowest BCUT2D eigenvalue weighted by molar-refractivity contribution is 0.110. The molecular weight excluding hydrogens is 196 g/mol. The smallest absolute Gasteiger partial charge is 0.0114 e. The van der Waals surface area contributed by atoms with Crippen LogP contribution in [0.5, 0.6) is 0 Å². The maximum atomic E-state index is 3.66. The fourth-order valence-electron chi connectivity index (χ4n) is 3.95. The summed E-state index contributed by atoms with van der Waals surface area (Å²) in [5.41, 5.74) is 0. The van der Waals surface area contributed by atoms with Crippen molar-refractivity contribution in [3.63, 3.8) is 0 Å². The van der Waals surface area contributed by atoms with Crippen molar-refractivity contribution in [1.82, 2.24) is 10.2 Å². The van der Waals surface area contributed by atoms with Crippen LogP contribution in [0, 0.1) is 11.8 Å². The number of fused-ring (bicyclic) bond motifs is 2. The van der Waals surface area contributed by atoms with Gasteiger partial charge < -0.3 is 5.32 Å². The van der Waals surface area contributed by atoms with Crippen molar-refractivity contribution < 1.29 is 0 Å². The molecule has 1 saturated carbocycles.